The van der Waals surface area contributed by atoms with Crippen LogP contribution in [0.2, 0.25) is 0 Å². The Morgan fingerprint density at radius 1 is 0.788 bits per heavy atom. The zero-order valence-corrected chi connectivity index (χ0v) is 32.7. The van der Waals surface area contributed by atoms with Crippen LogP contribution in [0.3, 0.4) is 0 Å². The number of Topliss-reactive ketones (excluding diaryl/α,β-unsaturated/α-hetero) is 2. The predicted molar refractivity (Wildman–Crippen MR) is 203 cm³/mol. The Balaban J connectivity index is 0.000000522. The van der Waals surface area contributed by atoms with Gasteiger partial charge < -0.3 is 30.3 Å². The number of carboxylic acid groups (broad SMARTS) is 1. The molecular formula is C42H72O10. The summed E-state index contributed by atoms with van der Waals surface area (Å²) in [6.45, 7) is 6.07. The fraction of sp³-hybridized carbons (Fsp3) is 0.810. The minimum atomic E-state index is -0.767. The predicted octanol–water partition coefficient (Wildman–Crippen LogP) is 7.43. The van der Waals surface area contributed by atoms with Crippen molar-refractivity contribution in [2.75, 3.05) is 7.11 Å². The lowest BCUT2D eigenvalue weighted by Gasteiger charge is -2.22. The number of aliphatic carboxylic acids is 1. The maximum absolute atomic E-state index is 12.2. The van der Waals surface area contributed by atoms with Crippen LogP contribution in [0.4, 0.5) is 0 Å². The lowest BCUT2D eigenvalue weighted by Crippen LogP contribution is -2.23. The molecule has 8 atom stereocenters. The molecule has 2 fully saturated rings. The second-order valence-electron chi connectivity index (χ2n) is 15.4. The van der Waals surface area contributed by atoms with Crippen LogP contribution < -0.4 is 0 Å². The van der Waals surface area contributed by atoms with E-state index >= 15 is 0 Å². The van der Waals surface area contributed by atoms with Crippen LogP contribution in [0, 0.1) is 23.7 Å². The average Bonchev–Trinajstić information content (AvgIpc) is 3.52. The lowest BCUT2D eigenvalue weighted by molar-refractivity contribution is -0.141. The van der Waals surface area contributed by atoms with Crippen LogP contribution in [0.5, 0.6) is 0 Å². The number of ketones is 2. The van der Waals surface area contributed by atoms with Crippen molar-refractivity contribution in [1.82, 2.24) is 0 Å². The number of hydrogen-bond acceptors (Lipinski definition) is 9. The SMILES string of the molecule is CCCCC(C)(O)C/C=C/[C@H]1[C@H](O)CC(=O)[C@@H]1CCCCCCC(=O)OC.CCCCC[C@H](O)/C=C/[C@H]1[C@H](O)CC(=O)[C@@H]1CCCCCCC(=O)O. The molecule has 0 radical (unpaired) electrons. The average molecular weight is 737 g/mol. The lowest BCUT2D eigenvalue weighted by atomic mass is 9.87. The van der Waals surface area contributed by atoms with Crippen molar-refractivity contribution >= 4 is 23.5 Å². The summed E-state index contributed by atoms with van der Waals surface area (Å²) in [5.41, 5.74) is -0.727. The topological polar surface area (TPSA) is 179 Å². The fourth-order valence-corrected chi connectivity index (χ4v) is 7.36. The van der Waals surface area contributed by atoms with Gasteiger partial charge in [0, 0.05) is 49.4 Å². The van der Waals surface area contributed by atoms with E-state index in [9.17, 15) is 39.6 Å². The molecule has 300 valence electrons. The number of unbranched alkanes of at least 4 members (excludes halogenated alkanes) is 9. The van der Waals surface area contributed by atoms with Crippen molar-refractivity contribution in [2.45, 2.75) is 186 Å². The highest BCUT2D eigenvalue weighted by Crippen LogP contribution is 2.36. The van der Waals surface area contributed by atoms with Gasteiger partial charge in [0.25, 0.3) is 0 Å². The van der Waals surface area contributed by atoms with Crippen molar-refractivity contribution in [1.29, 1.82) is 0 Å². The number of carboxylic acids is 1. The minimum Gasteiger partial charge on any atom is -0.481 e. The zero-order chi connectivity index (χ0) is 38.9. The summed E-state index contributed by atoms with van der Waals surface area (Å²) in [5.74, 6) is -1.34. The number of carbonyl (C=O) groups excluding carboxylic acids is 3. The second kappa shape index (κ2) is 27.2. The van der Waals surface area contributed by atoms with Gasteiger partial charge in [-0.2, -0.15) is 0 Å². The Labute approximate surface area is 313 Å². The zero-order valence-electron chi connectivity index (χ0n) is 32.7. The molecule has 0 aromatic carbocycles. The molecule has 10 heteroatoms. The summed E-state index contributed by atoms with van der Waals surface area (Å²) in [7, 11) is 1.40. The fourth-order valence-electron chi connectivity index (χ4n) is 7.36. The number of rotatable bonds is 26. The molecule has 10 nitrogen and oxygen atoms in total. The van der Waals surface area contributed by atoms with Gasteiger partial charge in [-0.15, -0.1) is 0 Å². The Morgan fingerprint density at radius 3 is 1.83 bits per heavy atom. The van der Waals surface area contributed by atoms with Crippen LogP contribution in [0.1, 0.15) is 162 Å². The first kappa shape index (κ1) is 47.6. The van der Waals surface area contributed by atoms with Gasteiger partial charge in [0.05, 0.1) is 31.0 Å². The van der Waals surface area contributed by atoms with Crippen LogP contribution in [-0.2, 0) is 23.9 Å². The third-order valence-corrected chi connectivity index (χ3v) is 10.6. The molecule has 5 N–H and O–H groups in total. The maximum Gasteiger partial charge on any atom is 0.305 e. The van der Waals surface area contributed by atoms with Crippen molar-refractivity contribution in [3.63, 3.8) is 0 Å². The molecule has 0 saturated heterocycles. The third-order valence-electron chi connectivity index (χ3n) is 10.6. The summed E-state index contributed by atoms with van der Waals surface area (Å²) in [6, 6.07) is 0. The maximum atomic E-state index is 12.2. The monoisotopic (exact) mass is 737 g/mol. The molecule has 52 heavy (non-hydrogen) atoms. The first-order valence-electron chi connectivity index (χ1n) is 20.2. The Kier molecular flexibility index (Phi) is 24.9. The number of aliphatic hydroxyl groups is 4. The number of ether oxygens (including phenoxy) is 1. The van der Waals surface area contributed by atoms with E-state index in [2.05, 4.69) is 18.6 Å². The summed E-state index contributed by atoms with van der Waals surface area (Å²) >= 11 is 0. The minimum absolute atomic E-state index is 0.105. The summed E-state index contributed by atoms with van der Waals surface area (Å²) in [4.78, 5) is 45.9. The highest BCUT2D eigenvalue weighted by molar-refractivity contribution is 5.85. The molecule has 2 rings (SSSR count). The highest BCUT2D eigenvalue weighted by atomic mass is 16.5. The van der Waals surface area contributed by atoms with E-state index in [1.807, 2.05) is 25.2 Å². The molecule has 1 unspecified atom stereocenters. The van der Waals surface area contributed by atoms with Gasteiger partial charge in [-0.1, -0.05) is 109 Å². The van der Waals surface area contributed by atoms with E-state index in [1.165, 1.54) is 7.11 Å². The molecule has 0 spiro atoms. The standard InChI is InChI=1S/C22H38O5.C20H34O5/c1-4-5-14-22(2,26)15-10-12-18-17(19(23)16-20(18)24)11-8-6-7-9-13-21(25)27-3;1-2-3-6-9-15(21)12-13-17-16(18(22)14-19(17)23)10-7-4-5-8-11-20(24)25/h10,12,17-18,20,24,26H,4-9,11,13-16H2,1-3H3;12-13,15-17,19,21,23H,2-11,14H2,1H3,(H,24,25)/b12-10+;13-12+/t17-,18-,20-,22?;15-,16+,17+,19+/m10/s1. The summed E-state index contributed by atoms with van der Waals surface area (Å²) in [6.07, 6.45) is 22.4. The molecule has 0 aromatic rings. The number of hydrogen-bond donors (Lipinski definition) is 5. The summed E-state index contributed by atoms with van der Waals surface area (Å²) < 4.78 is 4.62. The van der Waals surface area contributed by atoms with Gasteiger partial charge in [0.2, 0.25) is 0 Å². The van der Waals surface area contributed by atoms with Crippen molar-refractivity contribution in [3.8, 4) is 0 Å². The van der Waals surface area contributed by atoms with Gasteiger partial charge >= 0.3 is 11.9 Å². The van der Waals surface area contributed by atoms with E-state index in [4.69, 9.17) is 5.11 Å². The number of carbonyl (C=O) groups is 4. The van der Waals surface area contributed by atoms with E-state index < -0.39 is 29.9 Å². The third kappa shape index (κ3) is 20.2. The Hall–Kier alpha value is -2.40. The number of methoxy groups -OCH3 is 1. The molecule has 2 saturated carbocycles. The largest absolute Gasteiger partial charge is 0.481 e. The van der Waals surface area contributed by atoms with E-state index in [-0.39, 0.29) is 60.5 Å². The van der Waals surface area contributed by atoms with Gasteiger partial charge in [0.1, 0.15) is 11.6 Å². The normalized spacial score (nSPS) is 25.0. The van der Waals surface area contributed by atoms with Crippen LogP contribution in [0.15, 0.2) is 24.3 Å². The van der Waals surface area contributed by atoms with Crippen molar-refractivity contribution < 1.29 is 49.4 Å². The first-order valence-corrected chi connectivity index (χ1v) is 20.2. The smallest absolute Gasteiger partial charge is 0.305 e. The van der Waals surface area contributed by atoms with Gasteiger partial charge in [0.15, 0.2) is 0 Å². The summed E-state index contributed by atoms with van der Waals surface area (Å²) in [5, 5.41) is 49.4. The first-order chi connectivity index (χ1) is 24.8. The number of aliphatic hydroxyl groups excluding tert-OH is 3. The number of esters is 1. The van der Waals surface area contributed by atoms with Crippen LogP contribution >= 0.6 is 0 Å². The van der Waals surface area contributed by atoms with Crippen molar-refractivity contribution in [3.05, 3.63) is 24.3 Å². The van der Waals surface area contributed by atoms with Crippen LogP contribution in [-0.4, -0.2) is 80.1 Å². The molecule has 2 aliphatic carbocycles. The van der Waals surface area contributed by atoms with Crippen molar-refractivity contribution in [2.24, 2.45) is 23.7 Å². The Morgan fingerprint density at radius 2 is 1.31 bits per heavy atom. The molecule has 0 aromatic heterocycles. The van der Waals surface area contributed by atoms with E-state index in [0.717, 1.165) is 103 Å². The molecule has 2 aliphatic rings. The van der Waals surface area contributed by atoms with Gasteiger partial charge in [-0.25, -0.2) is 0 Å². The Bertz CT molecular complexity index is 1080. The molecular weight excluding hydrogens is 664 g/mol. The van der Waals surface area contributed by atoms with Gasteiger partial charge in [-0.05, 0) is 51.9 Å². The molecule has 0 bridgehead atoms. The highest BCUT2D eigenvalue weighted by Gasteiger charge is 2.40. The van der Waals surface area contributed by atoms with E-state index in [0.29, 0.717) is 19.3 Å². The molecule has 0 amide bonds. The second-order valence-corrected chi connectivity index (χ2v) is 15.4. The molecule has 0 heterocycles. The van der Waals surface area contributed by atoms with E-state index in [1.54, 1.807) is 6.08 Å². The van der Waals surface area contributed by atoms with Crippen LogP contribution in [0.25, 0.3) is 0 Å². The molecule has 0 aliphatic heterocycles. The van der Waals surface area contributed by atoms with Gasteiger partial charge in [-0.3, -0.25) is 19.2 Å². The quantitative estimate of drug-likeness (QED) is 0.0341.